The van der Waals surface area contributed by atoms with Crippen LogP contribution in [0.4, 0.5) is 11.4 Å². The molecule has 3 heterocycles. The number of fused-ring (bicyclic) bond motifs is 1. The molecule has 0 atom stereocenters. The van der Waals surface area contributed by atoms with Crippen molar-refractivity contribution in [3.05, 3.63) is 47.2 Å². The van der Waals surface area contributed by atoms with E-state index in [2.05, 4.69) is 20.5 Å². The molecule has 4 aromatic rings. The van der Waals surface area contributed by atoms with E-state index in [0.717, 1.165) is 32.7 Å². The zero-order valence-electron chi connectivity index (χ0n) is 16.1. The van der Waals surface area contributed by atoms with E-state index in [-0.39, 0.29) is 11.7 Å². The van der Waals surface area contributed by atoms with E-state index in [1.165, 1.54) is 23.1 Å². The predicted octanol–water partition coefficient (Wildman–Crippen LogP) is 4.58. The number of carbonyl (C=O) groups is 1. The Morgan fingerprint density at radius 3 is 2.72 bits per heavy atom. The van der Waals surface area contributed by atoms with E-state index in [1.54, 1.807) is 0 Å². The van der Waals surface area contributed by atoms with Gasteiger partial charge >= 0.3 is 0 Å². The second kappa shape index (κ2) is 7.84. The lowest BCUT2D eigenvalue weighted by molar-refractivity contribution is -0.113. The van der Waals surface area contributed by atoms with Gasteiger partial charge in [0.25, 0.3) is 11.1 Å². The number of aryl methyl sites for hydroxylation is 3. The second-order valence-electron chi connectivity index (χ2n) is 6.68. The summed E-state index contributed by atoms with van der Waals surface area (Å²) in [4.78, 5) is 18.2. The van der Waals surface area contributed by atoms with Gasteiger partial charge in [-0.1, -0.05) is 29.5 Å². The van der Waals surface area contributed by atoms with E-state index in [4.69, 9.17) is 10.2 Å². The summed E-state index contributed by atoms with van der Waals surface area (Å²) in [5, 5.41) is 12.2. The molecule has 0 bridgehead atoms. The summed E-state index contributed by atoms with van der Waals surface area (Å²) < 4.78 is 5.73. The topological polar surface area (TPSA) is 107 Å². The molecule has 3 aromatic heterocycles. The van der Waals surface area contributed by atoms with Crippen LogP contribution in [0.25, 0.3) is 21.0 Å². The Hall–Kier alpha value is -2.91. The van der Waals surface area contributed by atoms with Crippen molar-refractivity contribution in [2.75, 3.05) is 16.8 Å². The predicted molar refractivity (Wildman–Crippen MR) is 117 cm³/mol. The van der Waals surface area contributed by atoms with Crippen molar-refractivity contribution in [2.24, 2.45) is 0 Å². The lowest BCUT2D eigenvalue weighted by atomic mass is 10.1. The quantitative estimate of drug-likeness (QED) is 0.451. The molecular weight excluding hydrogens is 406 g/mol. The van der Waals surface area contributed by atoms with E-state index in [9.17, 15) is 4.79 Å². The van der Waals surface area contributed by atoms with Gasteiger partial charge in [0.1, 0.15) is 9.71 Å². The number of rotatable bonds is 5. The Balaban J connectivity index is 1.47. The molecule has 7 nitrogen and oxygen atoms in total. The molecule has 0 fully saturated rings. The van der Waals surface area contributed by atoms with Gasteiger partial charge in [0.15, 0.2) is 0 Å². The molecule has 3 N–H and O–H groups in total. The highest BCUT2D eigenvalue weighted by molar-refractivity contribution is 7.99. The van der Waals surface area contributed by atoms with Gasteiger partial charge in [-0.3, -0.25) is 4.79 Å². The normalized spacial score (nSPS) is 11.1. The fraction of sp³-hybridized carbons (Fsp3) is 0.200. The molecule has 4 rings (SSSR count). The first kappa shape index (κ1) is 19.4. The van der Waals surface area contributed by atoms with Crippen molar-refractivity contribution >= 4 is 50.6 Å². The molecule has 1 aromatic carbocycles. The first-order valence-corrected chi connectivity index (χ1v) is 10.7. The summed E-state index contributed by atoms with van der Waals surface area (Å²) in [7, 11) is 0. The van der Waals surface area contributed by atoms with Crippen LogP contribution in [-0.2, 0) is 4.79 Å². The summed E-state index contributed by atoms with van der Waals surface area (Å²) >= 11 is 2.61. The molecule has 0 aliphatic heterocycles. The van der Waals surface area contributed by atoms with Crippen LogP contribution in [0.1, 0.15) is 16.8 Å². The fourth-order valence-electron chi connectivity index (χ4n) is 2.95. The van der Waals surface area contributed by atoms with Crippen LogP contribution in [0.15, 0.2) is 40.0 Å². The Labute approximate surface area is 175 Å². The van der Waals surface area contributed by atoms with Crippen LogP contribution in [0, 0.1) is 20.8 Å². The third-order valence-electron chi connectivity index (χ3n) is 4.29. The largest absolute Gasteiger partial charge is 0.410 e. The van der Waals surface area contributed by atoms with Crippen LogP contribution in [-0.4, -0.2) is 26.8 Å². The Kier molecular flexibility index (Phi) is 5.25. The number of anilines is 2. The lowest BCUT2D eigenvalue weighted by Crippen LogP contribution is -2.13. The van der Waals surface area contributed by atoms with Crippen LogP contribution in [0.3, 0.4) is 0 Å². The minimum Gasteiger partial charge on any atom is -0.410 e. The van der Waals surface area contributed by atoms with Crippen LogP contribution in [0.5, 0.6) is 0 Å². The number of nitrogens with zero attached hydrogens (tertiary/aromatic N) is 3. The summed E-state index contributed by atoms with van der Waals surface area (Å²) in [5.41, 5.74) is 10.8. The smallest absolute Gasteiger partial charge is 0.277 e. The molecule has 0 unspecified atom stereocenters. The molecule has 148 valence electrons. The number of thiophene rings is 1. The SMILES string of the molecule is Cc1ccc(NC(=O)CSc2nnc(-c3sc4nc(C)cc(C)c4c3N)o2)cc1. The number of benzene rings is 1. The maximum Gasteiger partial charge on any atom is 0.277 e. The molecule has 9 heteroatoms. The number of carbonyl (C=O) groups excluding carboxylic acids is 1. The van der Waals surface area contributed by atoms with Crippen LogP contribution < -0.4 is 11.1 Å². The molecule has 0 saturated heterocycles. The third-order valence-corrected chi connectivity index (χ3v) is 6.19. The number of nitrogen functional groups attached to an aromatic ring is 1. The summed E-state index contributed by atoms with van der Waals surface area (Å²) in [6.45, 7) is 5.95. The fourth-order valence-corrected chi connectivity index (χ4v) is 4.65. The minimum absolute atomic E-state index is 0.143. The lowest BCUT2D eigenvalue weighted by Gasteiger charge is -2.03. The number of pyridine rings is 1. The van der Waals surface area contributed by atoms with Crippen LogP contribution >= 0.6 is 23.1 Å². The second-order valence-corrected chi connectivity index (χ2v) is 8.61. The van der Waals surface area contributed by atoms with Crippen molar-refractivity contribution in [1.82, 2.24) is 15.2 Å². The molecule has 1 amide bonds. The molecule has 29 heavy (non-hydrogen) atoms. The van der Waals surface area contributed by atoms with Gasteiger partial charge in [-0.25, -0.2) is 4.98 Å². The van der Waals surface area contributed by atoms with E-state index < -0.39 is 0 Å². The number of nitrogens with two attached hydrogens (primary N) is 1. The van der Waals surface area contributed by atoms with Gasteiger partial charge in [-0.2, -0.15) is 0 Å². The highest BCUT2D eigenvalue weighted by Gasteiger charge is 2.20. The van der Waals surface area contributed by atoms with Gasteiger partial charge in [0.05, 0.1) is 11.4 Å². The highest BCUT2D eigenvalue weighted by Crippen LogP contribution is 2.41. The summed E-state index contributed by atoms with van der Waals surface area (Å²) in [6, 6.07) is 9.62. The number of nitrogens with one attached hydrogen (secondary N) is 1. The van der Waals surface area contributed by atoms with Crippen molar-refractivity contribution in [3.8, 4) is 10.8 Å². The molecule has 0 spiro atoms. The van der Waals surface area contributed by atoms with E-state index in [1.807, 2.05) is 51.1 Å². The molecule has 0 saturated carbocycles. The first-order chi connectivity index (χ1) is 13.9. The number of thioether (sulfide) groups is 1. The number of amides is 1. The maximum absolute atomic E-state index is 12.1. The molecule has 0 radical (unpaired) electrons. The van der Waals surface area contributed by atoms with Gasteiger partial charge in [-0.05, 0) is 44.5 Å². The minimum atomic E-state index is -0.143. The zero-order valence-corrected chi connectivity index (χ0v) is 17.8. The van der Waals surface area contributed by atoms with Crippen molar-refractivity contribution in [1.29, 1.82) is 0 Å². The van der Waals surface area contributed by atoms with Gasteiger partial charge in [0.2, 0.25) is 5.91 Å². The van der Waals surface area contributed by atoms with E-state index >= 15 is 0 Å². The number of hydrogen-bond acceptors (Lipinski definition) is 8. The third kappa shape index (κ3) is 4.10. The summed E-state index contributed by atoms with van der Waals surface area (Å²) in [5.74, 6) is 0.358. The van der Waals surface area contributed by atoms with Gasteiger partial charge in [-0.15, -0.1) is 21.5 Å². The van der Waals surface area contributed by atoms with Gasteiger partial charge in [0, 0.05) is 16.8 Å². The monoisotopic (exact) mass is 425 g/mol. The first-order valence-electron chi connectivity index (χ1n) is 8.90. The number of hydrogen-bond donors (Lipinski definition) is 2. The average molecular weight is 426 g/mol. The molecule has 0 aliphatic rings. The van der Waals surface area contributed by atoms with Crippen molar-refractivity contribution < 1.29 is 9.21 Å². The summed E-state index contributed by atoms with van der Waals surface area (Å²) in [6.07, 6.45) is 0. The van der Waals surface area contributed by atoms with Crippen LogP contribution in [0.2, 0.25) is 0 Å². The Bertz CT molecular complexity index is 1200. The standard InChI is InChI=1S/C20H19N5O2S2/c1-10-4-6-13(7-5-10)23-14(26)9-28-20-25-24-18(27-20)17-16(21)15-11(2)8-12(3)22-19(15)29-17/h4-8H,9,21H2,1-3H3,(H,23,26). The molecular formula is C20H19N5O2S2. The average Bonchev–Trinajstić information content (AvgIpc) is 3.26. The Morgan fingerprint density at radius 1 is 1.21 bits per heavy atom. The van der Waals surface area contributed by atoms with E-state index in [0.29, 0.717) is 21.7 Å². The van der Waals surface area contributed by atoms with Gasteiger partial charge < -0.3 is 15.5 Å². The zero-order chi connectivity index (χ0) is 20.5. The van der Waals surface area contributed by atoms with Crippen molar-refractivity contribution in [3.63, 3.8) is 0 Å². The Morgan fingerprint density at radius 2 is 1.97 bits per heavy atom. The maximum atomic E-state index is 12.1. The molecule has 0 aliphatic carbocycles. The highest BCUT2D eigenvalue weighted by atomic mass is 32.2. The van der Waals surface area contributed by atoms with Crippen molar-refractivity contribution in [2.45, 2.75) is 26.0 Å². The number of aromatic nitrogens is 3.